The van der Waals surface area contributed by atoms with E-state index in [1.54, 1.807) is 11.8 Å². The molecule has 3 N–H and O–H groups in total. The number of amides is 2. The second-order valence-corrected chi connectivity index (χ2v) is 7.53. The van der Waals surface area contributed by atoms with Crippen LogP contribution in [0.4, 0.5) is 10.5 Å². The number of primary sulfonamides is 1. The first-order chi connectivity index (χ1) is 11.8. The van der Waals surface area contributed by atoms with Crippen molar-refractivity contribution in [2.75, 3.05) is 18.4 Å². The number of piperidine rings is 1. The van der Waals surface area contributed by atoms with E-state index in [2.05, 4.69) is 15.5 Å². The summed E-state index contributed by atoms with van der Waals surface area (Å²) in [5.41, 5.74) is 0.494. The van der Waals surface area contributed by atoms with E-state index in [0.29, 0.717) is 30.5 Å². The van der Waals surface area contributed by atoms with Crippen LogP contribution in [0.3, 0.4) is 0 Å². The first-order valence-corrected chi connectivity index (χ1v) is 9.36. The zero-order chi connectivity index (χ0) is 18.0. The smallest absolute Gasteiger partial charge is 0.321 e. The average molecular weight is 365 g/mol. The minimum Gasteiger partial charge on any atom is -0.339 e. The number of rotatable bonds is 3. The number of sulfonamides is 1. The number of carbonyl (C=O) groups is 1. The molecule has 3 rings (SSSR count). The van der Waals surface area contributed by atoms with Crippen LogP contribution in [0.25, 0.3) is 0 Å². The molecule has 1 aromatic carbocycles. The fourth-order valence-corrected chi connectivity index (χ4v) is 3.29. The Hall–Kier alpha value is -2.46. The van der Waals surface area contributed by atoms with Crippen molar-refractivity contribution in [1.82, 2.24) is 15.0 Å². The van der Waals surface area contributed by atoms with Crippen molar-refractivity contribution in [2.45, 2.75) is 30.6 Å². The molecule has 2 amide bonds. The lowest BCUT2D eigenvalue weighted by atomic mass is 9.98. The lowest BCUT2D eigenvalue weighted by molar-refractivity contribution is 0.184. The molecule has 0 radical (unpaired) electrons. The van der Waals surface area contributed by atoms with Gasteiger partial charge in [-0.05, 0) is 44.0 Å². The van der Waals surface area contributed by atoms with Crippen LogP contribution in [-0.2, 0) is 10.0 Å². The Morgan fingerprint density at radius 3 is 2.68 bits per heavy atom. The summed E-state index contributed by atoms with van der Waals surface area (Å²) in [6, 6.07) is 5.45. The number of nitrogens with two attached hydrogens (primary N) is 1. The minimum atomic E-state index is -3.75. The van der Waals surface area contributed by atoms with Crippen LogP contribution in [0.2, 0.25) is 0 Å². The third-order valence-corrected chi connectivity index (χ3v) is 4.96. The monoisotopic (exact) mass is 365 g/mol. The van der Waals surface area contributed by atoms with Gasteiger partial charge >= 0.3 is 6.03 Å². The van der Waals surface area contributed by atoms with E-state index in [1.807, 2.05) is 0 Å². The summed E-state index contributed by atoms with van der Waals surface area (Å²) in [6.07, 6.45) is 1.72. The average Bonchev–Trinajstić information content (AvgIpc) is 3.01. The van der Waals surface area contributed by atoms with Gasteiger partial charge in [0.1, 0.15) is 0 Å². The largest absolute Gasteiger partial charge is 0.339 e. The summed E-state index contributed by atoms with van der Waals surface area (Å²) in [7, 11) is -3.75. The van der Waals surface area contributed by atoms with Gasteiger partial charge in [-0.2, -0.15) is 4.98 Å². The molecule has 1 atom stereocenters. The molecule has 25 heavy (non-hydrogen) atoms. The molecule has 1 aliphatic heterocycles. The van der Waals surface area contributed by atoms with E-state index in [0.717, 1.165) is 12.8 Å². The van der Waals surface area contributed by atoms with Crippen molar-refractivity contribution < 1.29 is 17.7 Å². The van der Waals surface area contributed by atoms with Gasteiger partial charge in [0.25, 0.3) is 0 Å². The highest BCUT2D eigenvalue weighted by molar-refractivity contribution is 7.89. The summed E-state index contributed by atoms with van der Waals surface area (Å²) in [5.74, 6) is 1.14. The van der Waals surface area contributed by atoms with Crippen molar-refractivity contribution in [3.05, 3.63) is 36.0 Å². The Balaban J connectivity index is 1.64. The highest BCUT2D eigenvalue weighted by Crippen LogP contribution is 2.26. The Labute approximate surface area is 145 Å². The maximum atomic E-state index is 12.4. The van der Waals surface area contributed by atoms with Crippen LogP contribution in [0.5, 0.6) is 0 Å². The van der Waals surface area contributed by atoms with Gasteiger partial charge in [0.15, 0.2) is 5.82 Å². The Morgan fingerprint density at radius 2 is 2.08 bits per heavy atom. The molecule has 1 aliphatic rings. The lowest BCUT2D eigenvalue weighted by Crippen LogP contribution is -2.41. The molecule has 1 saturated heterocycles. The van der Waals surface area contributed by atoms with Gasteiger partial charge in [-0.15, -0.1) is 0 Å². The van der Waals surface area contributed by atoms with E-state index in [1.165, 1.54) is 24.3 Å². The Bertz CT molecular complexity index is 862. The van der Waals surface area contributed by atoms with Gasteiger partial charge in [0, 0.05) is 18.8 Å². The van der Waals surface area contributed by atoms with Crippen molar-refractivity contribution in [1.29, 1.82) is 0 Å². The third kappa shape index (κ3) is 4.15. The van der Waals surface area contributed by atoms with E-state index in [9.17, 15) is 13.2 Å². The minimum absolute atomic E-state index is 0.00435. The number of nitrogens with zero attached hydrogens (tertiary/aromatic N) is 3. The number of urea groups is 1. The summed E-state index contributed by atoms with van der Waals surface area (Å²) in [4.78, 5) is 18.4. The van der Waals surface area contributed by atoms with Crippen LogP contribution >= 0.6 is 0 Å². The summed E-state index contributed by atoms with van der Waals surface area (Å²) in [5, 5.41) is 11.6. The van der Waals surface area contributed by atoms with Crippen molar-refractivity contribution in [2.24, 2.45) is 5.14 Å². The number of likely N-dealkylation sites (tertiary alicyclic amines) is 1. The summed E-state index contributed by atoms with van der Waals surface area (Å²) in [6.45, 7) is 2.87. The first kappa shape index (κ1) is 17.4. The fraction of sp³-hybridized carbons (Fsp3) is 0.400. The van der Waals surface area contributed by atoms with Crippen molar-refractivity contribution in [3.8, 4) is 0 Å². The summed E-state index contributed by atoms with van der Waals surface area (Å²) >= 11 is 0. The normalized spacial score (nSPS) is 18.2. The second kappa shape index (κ2) is 6.81. The van der Waals surface area contributed by atoms with Gasteiger partial charge in [0.2, 0.25) is 15.9 Å². The summed E-state index contributed by atoms with van der Waals surface area (Å²) < 4.78 is 27.7. The quantitative estimate of drug-likeness (QED) is 0.846. The second-order valence-electron chi connectivity index (χ2n) is 5.96. The molecule has 9 nitrogen and oxygen atoms in total. The van der Waals surface area contributed by atoms with Crippen molar-refractivity contribution >= 4 is 21.7 Å². The maximum absolute atomic E-state index is 12.4. The molecule has 0 bridgehead atoms. The van der Waals surface area contributed by atoms with Gasteiger partial charge in [-0.1, -0.05) is 5.16 Å². The van der Waals surface area contributed by atoms with Crippen molar-refractivity contribution in [3.63, 3.8) is 0 Å². The molecule has 1 unspecified atom stereocenters. The van der Waals surface area contributed by atoms with E-state index in [-0.39, 0.29) is 16.8 Å². The topological polar surface area (TPSA) is 131 Å². The molecule has 0 saturated carbocycles. The first-order valence-electron chi connectivity index (χ1n) is 7.82. The fourth-order valence-electron chi connectivity index (χ4n) is 2.77. The van der Waals surface area contributed by atoms with Crippen LogP contribution in [0.1, 0.15) is 30.5 Å². The number of carbonyl (C=O) groups excluding carboxylic acids is 1. The predicted molar refractivity (Wildman–Crippen MR) is 89.4 cm³/mol. The molecule has 0 spiro atoms. The van der Waals surface area contributed by atoms with Gasteiger partial charge in [-0.3, -0.25) is 0 Å². The number of benzene rings is 1. The Kier molecular flexibility index (Phi) is 4.73. The highest BCUT2D eigenvalue weighted by atomic mass is 32.2. The van der Waals surface area contributed by atoms with Crippen LogP contribution in [0.15, 0.2) is 33.7 Å². The standard InChI is InChI=1S/C15H19N5O4S/c1-10-17-14(24-19-10)11-3-2-8-20(9-11)15(21)18-12-4-6-13(7-5-12)25(16,22)23/h4-7,11H,2-3,8-9H2,1H3,(H,18,21)(H2,16,22,23). The van der Waals surface area contributed by atoms with E-state index in [4.69, 9.17) is 9.66 Å². The molecule has 1 fully saturated rings. The van der Waals surface area contributed by atoms with Crippen LogP contribution < -0.4 is 10.5 Å². The number of hydrogen-bond donors (Lipinski definition) is 2. The van der Waals surface area contributed by atoms with E-state index >= 15 is 0 Å². The number of hydrogen-bond acceptors (Lipinski definition) is 6. The molecule has 2 aromatic rings. The van der Waals surface area contributed by atoms with Gasteiger partial charge < -0.3 is 14.7 Å². The molecule has 0 aliphatic carbocycles. The zero-order valence-corrected chi connectivity index (χ0v) is 14.5. The molecular weight excluding hydrogens is 346 g/mol. The molecular formula is C15H19N5O4S. The maximum Gasteiger partial charge on any atom is 0.321 e. The number of aryl methyl sites for hydroxylation is 1. The zero-order valence-electron chi connectivity index (χ0n) is 13.7. The number of aromatic nitrogens is 2. The molecule has 1 aromatic heterocycles. The number of anilines is 1. The Morgan fingerprint density at radius 1 is 1.36 bits per heavy atom. The van der Waals surface area contributed by atoms with E-state index < -0.39 is 10.0 Å². The van der Waals surface area contributed by atoms with Crippen LogP contribution in [0, 0.1) is 6.92 Å². The van der Waals surface area contributed by atoms with Gasteiger partial charge in [0.05, 0.1) is 10.8 Å². The van der Waals surface area contributed by atoms with Crippen LogP contribution in [-0.4, -0.2) is 42.6 Å². The molecule has 2 heterocycles. The number of nitrogens with one attached hydrogen (secondary N) is 1. The highest BCUT2D eigenvalue weighted by Gasteiger charge is 2.28. The molecule has 134 valence electrons. The molecule has 10 heteroatoms. The lowest BCUT2D eigenvalue weighted by Gasteiger charge is -2.31. The SMILES string of the molecule is Cc1noc(C2CCCN(C(=O)Nc3ccc(S(N)(=O)=O)cc3)C2)n1. The predicted octanol–water partition coefficient (Wildman–Crippen LogP) is 1.44. The third-order valence-electron chi connectivity index (χ3n) is 4.04. The van der Waals surface area contributed by atoms with Gasteiger partial charge in [-0.25, -0.2) is 18.4 Å².